The van der Waals surface area contributed by atoms with E-state index in [0.717, 1.165) is 16.8 Å². The van der Waals surface area contributed by atoms with Crippen LogP contribution in [-0.2, 0) is 11.2 Å². The Morgan fingerprint density at radius 2 is 1.70 bits per heavy atom. The van der Waals surface area contributed by atoms with Gasteiger partial charge in [-0.05, 0) is 62.2 Å². The highest BCUT2D eigenvalue weighted by molar-refractivity contribution is 5.91. The molecular formula is C22H20F3NO4. The average Bonchev–Trinajstić information content (AvgIpc) is 2.65. The number of alkyl halides is 3. The van der Waals surface area contributed by atoms with Crippen molar-refractivity contribution in [3.05, 3.63) is 53.2 Å². The first-order valence-electron chi connectivity index (χ1n) is 9.23. The van der Waals surface area contributed by atoms with Gasteiger partial charge in [-0.15, -0.1) is 13.2 Å². The number of rotatable bonds is 5. The zero-order chi connectivity index (χ0) is 22.1. The van der Waals surface area contributed by atoms with Crippen LogP contribution in [-0.4, -0.2) is 17.3 Å². The van der Waals surface area contributed by atoms with E-state index in [0.29, 0.717) is 34.6 Å². The number of carbonyl (C=O) groups excluding carboxylic acids is 1. The lowest BCUT2D eigenvalue weighted by molar-refractivity contribution is -0.274. The summed E-state index contributed by atoms with van der Waals surface area (Å²) in [6, 6.07) is 8.62. The number of ether oxygens (including phenoxy) is 3. The Kier molecular flexibility index (Phi) is 5.87. The lowest BCUT2D eigenvalue weighted by Gasteiger charge is -2.16. The number of hydrogen-bond donors (Lipinski definition) is 0. The van der Waals surface area contributed by atoms with Crippen LogP contribution in [0.25, 0.3) is 10.9 Å². The molecule has 0 unspecified atom stereocenters. The Bertz CT molecular complexity index is 1090. The van der Waals surface area contributed by atoms with E-state index in [2.05, 4.69) is 9.72 Å². The topological polar surface area (TPSA) is 57.6 Å². The van der Waals surface area contributed by atoms with Gasteiger partial charge < -0.3 is 14.2 Å². The van der Waals surface area contributed by atoms with Gasteiger partial charge in [-0.3, -0.25) is 9.78 Å². The molecule has 3 aromatic rings. The summed E-state index contributed by atoms with van der Waals surface area (Å²) in [7, 11) is 0. The fourth-order valence-electron chi connectivity index (χ4n) is 3.08. The van der Waals surface area contributed by atoms with Crippen LogP contribution in [0.5, 0.6) is 23.0 Å². The van der Waals surface area contributed by atoms with E-state index in [-0.39, 0.29) is 5.75 Å². The molecule has 1 aromatic heterocycles. The molecule has 8 heteroatoms. The van der Waals surface area contributed by atoms with Gasteiger partial charge in [0, 0.05) is 23.6 Å². The first-order valence-corrected chi connectivity index (χ1v) is 9.23. The molecule has 158 valence electrons. The average molecular weight is 419 g/mol. The Morgan fingerprint density at radius 1 is 1.07 bits per heavy atom. The minimum atomic E-state index is -4.76. The molecule has 0 atom stereocenters. The summed E-state index contributed by atoms with van der Waals surface area (Å²) in [5.74, 6) is 0.426. The molecular weight excluding hydrogens is 399 g/mol. The number of benzene rings is 2. The van der Waals surface area contributed by atoms with E-state index < -0.39 is 12.3 Å². The number of halogens is 3. The van der Waals surface area contributed by atoms with Gasteiger partial charge in [-0.25, -0.2) is 0 Å². The minimum absolute atomic E-state index is 0.330. The molecule has 0 saturated heterocycles. The van der Waals surface area contributed by atoms with Crippen molar-refractivity contribution in [3.8, 4) is 23.0 Å². The highest BCUT2D eigenvalue weighted by atomic mass is 19.4. The number of aryl methyl sites for hydroxylation is 2. The summed E-state index contributed by atoms with van der Waals surface area (Å²) in [4.78, 5) is 16.3. The van der Waals surface area contributed by atoms with Crippen molar-refractivity contribution in [2.45, 2.75) is 40.5 Å². The molecule has 0 radical (unpaired) electrons. The third-order valence-electron chi connectivity index (χ3n) is 4.43. The quantitative estimate of drug-likeness (QED) is 0.473. The summed E-state index contributed by atoms with van der Waals surface area (Å²) < 4.78 is 52.1. The highest BCUT2D eigenvalue weighted by Crippen LogP contribution is 2.37. The molecule has 0 aliphatic rings. The Labute approximate surface area is 171 Å². The fraction of sp³-hybridized carbons (Fsp3) is 0.273. The normalized spacial score (nSPS) is 11.4. The lowest BCUT2D eigenvalue weighted by Crippen LogP contribution is -2.16. The largest absolute Gasteiger partial charge is 0.573 e. The van der Waals surface area contributed by atoms with Crippen LogP contribution in [0.1, 0.15) is 30.7 Å². The second-order valence-corrected chi connectivity index (χ2v) is 6.72. The molecule has 0 aliphatic heterocycles. The molecule has 5 nitrogen and oxygen atoms in total. The molecule has 0 amide bonds. The zero-order valence-electron chi connectivity index (χ0n) is 16.9. The molecule has 0 spiro atoms. The molecule has 0 fully saturated rings. The number of hydrogen-bond acceptors (Lipinski definition) is 5. The van der Waals surface area contributed by atoms with Crippen molar-refractivity contribution >= 4 is 16.9 Å². The molecule has 0 aliphatic carbocycles. The minimum Gasteiger partial charge on any atom is -0.457 e. The van der Waals surface area contributed by atoms with Crippen LogP contribution < -0.4 is 14.2 Å². The number of aromatic nitrogens is 1. The molecule has 1 heterocycles. The molecule has 0 bridgehead atoms. The van der Waals surface area contributed by atoms with Gasteiger partial charge in [0.15, 0.2) is 0 Å². The number of pyridine rings is 1. The first kappa shape index (κ1) is 21.4. The van der Waals surface area contributed by atoms with E-state index in [1.807, 2.05) is 26.8 Å². The van der Waals surface area contributed by atoms with Crippen LogP contribution in [0.3, 0.4) is 0 Å². The summed E-state index contributed by atoms with van der Waals surface area (Å²) in [5, 5.41) is 0.609. The molecule has 0 N–H and O–H groups in total. The second-order valence-electron chi connectivity index (χ2n) is 6.72. The van der Waals surface area contributed by atoms with Crippen LogP contribution in [0.2, 0.25) is 0 Å². The maximum Gasteiger partial charge on any atom is 0.573 e. The van der Waals surface area contributed by atoms with Gasteiger partial charge in [-0.2, -0.15) is 0 Å². The summed E-state index contributed by atoms with van der Waals surface area (Å²) in [5.41, 5.74) is 3.02. The van der Waals surface area contributed by atoms with Crippen molar-refractivity contribution in [2.24, 2.45) is 0 Å². The van der Waals surface area contributed by atoms with Crippen LogP contribution in [0.4, 0.5) is 13.2 Å². The summed E-state index contributed by atoms with van der Waals surface area (Å²) in [6.45, 7) is 6.96. The van der Waals surface area contributed by atoms with Gasteiger partial charge in [-0.1, -0.05) is 6.92 Å². The van der Waals surface area contributed by atoms with Crippen molar-refractivity contribution in [1.82, 2.24) is 4.98 Å². The highest BCUT2D eigenvalue weighted by Gasteiger charge is 2.31. The van der Waals surface area contributed by atoms with Gasteiger partial charge >= 0.3 is 12.3 Å². The SMILES string of the molecule is CCc1nc2cc(C)c(Oc3ccc(OC(F)(F)F)cc3)cc2c(OC(C)=O)c1C. The predicted octanol–water partition coefficient (Wildman–Crippen LogP) is 6.03. The Hall–Kier alpha value is -3.29. The maximum atomic E-state index is 12.3. The summed E-state index contributed by atoms with van der Waals surface area (Å²) in [6.07, 6.45) is -4.08. The van der Waals surface area contributed by atoms with E-state index in [4.69, 9.17) is 9.47 Å². The predicted molar refractivity (Wildman–Crippen MR) is 105 cm³/mol. The van der Waals surface area contributed by atoms with Crippen LogP contribution in [0.15, 0.2) is 36.4 Å². The standard InChI is InChI=1S/C22H20F3NO4/c1-5-18-13(3)21(28-14(4)27)17-11-20(12(2)10-19(17)26-18)29-15-6-8-16(9-7-15)30-22(23,24)25/h6-11H,5H2,1-4H3. The monoisotopic (exact) mass is 419 g/mol. The van der Waals surface area contributed by atoms with Gasteiger partial charge in [0.2, 0.25) is 0 Å². The van der Waals surface area contributed by atoms with Crippen molar-refractivity contribution in [3.63, 3.8) is 0 Å². The number of fused-ring (bicyclic) bond motifs is 1. The molecule has 30 heavy (non-hydrogen) atoms. The number of carbonyl (C=O) groups is 1. The van der Waals surface area contributed by atoms with Crippen molar-refractivity contribution in [2.75, 3.05) is 0 Å². The molecule has 2 aromatic carbocycles. The summed E-state index contributed by atoms with van der Waals surface area (Å²) >= 11 is 0. The van der Waals surface area contributed by atoms with E-state index in [1.165, 1.54) is 31.2 Å². The van der Waals surface area contributed by atoms with Gasteiger partial charge in [0.25, 0.3) is 0 Å². The van der Waals surface area contributed by atoms with Gasteiger partial charge in [0.05, 0.1) is 5.52 Å². The third-order valence-corrected chi connectivity index (χ3v) is 4.43. The Balaban J connectivity index is 2.00. The van der Waals surface area contributed by atoms with Crippen molar-refractivity contribution < 1.29 is 32.2 Å². The van der Waals surface area contributed by atoms with Crippen LogP contribution >= 0.6 is 0 Å². The van der Waals surface area contributed by atoms with E-state index >= 15 is 0 Å². The molecule has 3 rings (SSSR count). The zero-order valence-corrected chi connectivity index (χ0v) is 16.9. The number of nitrogens with zero attached hydrogens (tertiary/aromatic N) is 1. The smallest absolute Gasteiger partial charge is 0.457 e. The maximum absolute atomic E-state index is 12.3. The Morgan fingerprint density at radius 3 is 2.27 bits per heavy atom. The van der Waals surface area contributed by atoms with Crippen LogP contribution in [0, 0.1) is 13.8 Å². The van der Waals surface area contributed by atoms with E-state index in [1.54, 1.807) is 6.07 Å². The third kappa shape index (κ3) is 4.82. The van der Waals surface area contributed by atoms with Gasteiger partial charge in [0.1, 0.15) is 23.0 Å². The van der Waals surface area contributed by atoms with E-state index in [9.17, 15) is 18.0 Å². The lowest BCUT2D eigenvalue weighted by atomic mass is 10.0. The number of esters is 1. The fourth-order valence-corrected chi connectivity index (χ4v) is 3.08. The molecule has 0 saturated carbocycles. The first-order chi connectivity index (χ1) is 14.1. The van der Waals surface area contributed by atoms with Crippen molar-refractivity contribution in [1.29, 1.82) is 0 Å². The second kappa shape index (κ2) is 8.22.